The minimum absolute atomic E-state index is 0.127. The lowest BCUT2D eigenvalue weighted by Gasteiger charge is -2.29. The Labute approximate surface area is 155 Å². The van der Waals surface area contributed by atoms with Gasteiger partial charge in [-0.15, -0.1) is 0 Å². The number of ether oxygens (including phenoxy) is 1. The molecule has 0 bridgehead atoms. The van der Waals surface area contributed by atoms with Gasteiger partial charge in [0, 0.05) is 12.1 Å². The van der Waals surface area contributed by atoms with Crippen molar-refractivity contribution in [3.05, 3.63) is 65.7 Å². The zero-order chi connectivity index (χ0) is 18.2. The van der Waals surface area contributed by atoms with Crippen LogP contribution in [0.5, 0.6) is 5.75 Å². The van der Waals surface area contributed by atoms with Gasteiger partial charge in [0.15, 0.2) is 6.54 Å². The molecule has 0 unspecified atom stereocenters. The van der Waals surface area contributed by atoms with Crippen molar-refractivity contribution < 1.29 is 19.3 Å². The number of carbonyl (C=O) groups excluding carboxylic acids is 1. The Bertz CT molecular complexity index is 680. The smallest absolute Gasteiger partial charge is 0.275 e. The first kappa shape index (κ1) is 18.4. The van der Waals surface area contributed by atoms with Crippen LogP contribution in [0.25, 0.3) is 0 Å². The highest BCUT2D eigenvalue weighted by molar-refractivity contribution is 5.76. The SMILES string of the molecule is COc1ccc(CNC(=O)C[NH+]2CC[NH+](Cc3ccccc3)CC2)cc1. The highest BCUT2D eigenvalue weighted by Crippen LogP contribution is 2.10. The van der Waals surface area contributed by atoms with Crippen LogP contribution in [0.3, 0.4) is 0 Å². The quantitative estimate of drug-likeness (QED) is 0.615. The maximum atomic E-state index is 12.2. The molecule has 0 spiro atoms. The van der Waals surface area contributed by atoms with E-state index in [2.05, 4.69) is 35.6 Å². The summed E-state index contributed by atoms with van der Waals surface area (Å²) in [5.41, 5.74) is 2.48. The van der Waals surface area contributed by atoms with Gasteiger partial charge in [0.25, 0.3) is 5.91 Å². The van der Waals surface area contributed by atoms with Crippen molar-refractivity contribution in [2.24, 2.45) is 0 Å². The van der Waals surface area contributed by atoms with Crippen LogP contribution in [0.1, 0.15) is 11.1 Å². The average Bonchev–Trinajstić information content (AvgIpc) is 2.69. The lowest BCUT2D eigenvalue weighted by Crippen LogP contribution is -3.28. The third-order valence-electron chi connectivity index (χ3n) is 5.02. The number of hydrogen-bond donors (Lipinski definition) is 3. The second kappa shape index (κ2) is 9.36. The summed E-state index contributed by atoms with van der Waals surface area (Å²) in [5.74, 6) is 0.961. The van der Waals surface area contributed by atoms with Crippen molar-refractivity contribution in [1.82, 2.24) is 5.32 Å². The standard InChI is InChI=1S/C21H27N3O2/c1-26-20-9-7-18(8-10-20)15-22-21(25)17-24-13-11-23(12-14-24)16-19-5-3-2-4-6-19/h2-10H,11-17H2,1H3,(H,22,25)/p+2. The van der Waals surface area contributed by atoms with Gasteiger partial charge in [0.2, 0.25) is 0 Å². The molecular weight excluding hydrogens is 326 g/mol. The molecule has 1 amide bonds. The van der Waals surface area contributed by atoms with E-state index in [9.17, 15) is 4.79 Å². The van der Waals surface area contributed by atoms with Crippen LogP contribution in [-0.4, -0.2) is 45.7 Å². The lowest BCUT2D eigenvalue weighted by molar-refractivity contribution is -1.02. The van der Waals surface area contributed by atoms with Crippen LogP contribution in [0.15, 0.2) is 54.6 Å². The summed E-state index contributed by atoms with van der Waals surface area (Å²) in [6, 6.07) is 18.5. The van der Waals surface area contributed by atoms with E-state index in [1.165, 1.54) is 10.5 Å². The minimum Gasteiger partial charge on any atom is -0.497 e. The minimum atomic E-state index is 0.127. The third kappa shape index (κ3) is 5.58. The van der Waals surface area contributed by atoms with Gasteiger partial charge in [-0.2, -0.15) is 0 Å². The number of rotatable bonds is 7. The zero-order valence-electron chi connectivity index (χ0n) is 15.5. The molecular formula is C21H29N3O2+2. The van der Waals surface area contributed by atoms with E-state index in [-0.39, 0.29) is 5.91 Å². The van der Waals surface area contributed by atoms with Crippen LogP contribution < -0.4 is 19.9 Å². The molecule has 5 heteroatoms. The lowest BCUT2D eigenvalue weighted by atomic mass is 10.2. The molecule has 0 radical (unpaired) electrons. The van der Waals surface area contributed by atoms with Gasteiger partial charge in [-0.25, -0.2) is 0 Å². The van der Waals surface area contributed by atoms with E-state index in [1.807, 2.05) is 24.3 Å². The Balaban J connectivity index is 1.36. The Morgan fingerprint density at radius 2 is 1.58 bits per heavy atom. The number of nitrogens with one attached hydrogen (secondary N) is 3. The van der Waals surface area contributed by atoms with Crippen LogP contribution in [0.2, 0.25) is 0 Å². The summed E-state index contributed by atoms with van der Waals surface area (Å²) in [7, 11) is 1.65. The molecule has 5 nitrogen and oxygen atoms in total. The normalized spacial score (nSPS) is 19.7. The van der Waals surface area contributed by atoms with E-state index in [4.69, 9.17) is 4.74 Å². The summed E-state index contributed by atoms with van der Waals surface area (Å²) < 4.78 is 5.15. The monoisotopic (exact) mass is 355 g/mol. The Kier molecular flexibility index (Phi) is 6.63. The number of piperazine rings is 1. The highest BCUT2D eigenvalue weighted by Gasteiger charge is 2.24. The third-order valence-corrected chi connectivity index (χ3v) is 5.02. The van der Waals surface area contributed by atoms with Crippen LogP contribution in [0, 0.1) is 0 Å². The van der Waals surface area contributed by atoms with Crippen molar-refractivity contribution in [2.45, 2.75) is 13.1 Å². The Morgan fingerprint density at radius 1 is 0.923 bits per heavy atom. The first-order valence-electron chi connectivity index (χ1n) is 9.33. The fourth-order valence-electron chi connectivity index (χ4n) is 3.43. The van der Waals surface area contributed by atoms with Gasteiger partial charge in [0.1, 0.15) is 38.5 Å². The number of amides is 1. The van der Waals surface area contributed by atoms with E-state index in [0.29, 0.717) is 13.1 Å². The van der Waals surface area contributed by atoms with Crippen molar-refractivity contribution in [1.29, 1.82) is 0 Å². The van der Waals surface area contributed by atoms with Gasteiger partial charge in [0.05, 0.1) is 7.11 Å². The molecule has 0 atom stereocenters. The molecule has 1 heterocycles. The fraction of sp³-hybridized carbons (Fsp3) is 0.381. The fourth-order valence-corrected chi connectivity index (χ4v) is 3.43. The summed E-state index contributed by atoms with van der Waals surface area (Å²) in [6.45, 7) is 6.57. The molecule has 1 saturated heterocycles. The van der Waals surface area contributed by atoms with Crippen LogP contribution >= 0.6 is 0 Å². The van der Waals surface area contributed by atoms with E-state index >= 15 is 0 Å². The molecule has 0 saturated carbocycles. The number of quaternary nitrogens is 2. The topological polar surface area (TPSA) is 47.2 Å². The second-order valence-electron chi connectivity index (χ2n) is 6.96. The summed E-state index contributed by atoms with van der Waals surface area (Å²) in [4.78, 5) is 15.2. The number of hydrogen-bond acceptors (Lipinski definition) is 2. The molecule has 1 fully saturated rings. The summed E-state index contributed by atoms with van der Waals surface area (Å²) in [6.07, 6.45) is 0. The zero-order valence-corrected chi connectivity index (χ0v) is 15.5. The first-order chi connectivity index (χ1) is 12.7. The Morgan fingerprint density at radius 3 is 2.23 bits per heavy atom. The van der Waals surface area contributed by atoms with E-state index in [1.54, 1.807) is 12.0 Å². The van der Waals surface area contributed by atoms with Gasteiger partial charge >= 0.3 is 0 Å². The molecule has 0 aliphatic carbocycles. The molecule has 2 aromatic carbocycles. The van der Waals surface area contributed by atoms with Crippen LogP contribution in [-0.2, 0) is 17.9 Å². The van der Waals surface area contributed by atoms with Gasteiger partial charge in [-0.1, -0.05) is 42.5 Å². The number of benzene rings is 2. The predicted molar refractivity (Wildman–Crippen MR) is 101 cm³/mol. The second-order valence-corrected chi connectivity index (χ2v) is 6.96. The molecule has 3 N–H and O–H groups in total. The average molecular weight is 355 g/mol. The van der Waals surface area contributed by atoms with E-state index < -0.39 is 0 Å². The van der Waals surface area contributed by atoms with Gasteiger partial charge in [-0.05, 0) is 17.7 Å². The first-order valence-corrected chi connectivity index (χ1v) is 9.33. The molecule has 1 aliphatic rings. The number of carbonyl (C=O) groups is 1. The predicted octanol–water partition coefficient (Wildman–Crippen LogP) is -0.705. The largest absolute Gasteiger partial charge is 0.497 e. The molecule has 1 aliphatic heterocycles. The maximum absolute atomic E-state index is 12.2. The van der Waals surface area contributed by atoms with Crippen molar-refractivity contribution in [3.63, 3.8) is 0 Å². The summed E-state index contributed by atoms with van der Waals surface area (Å²) >= 11 is 0. The molecule has 3 rings (SSSR count). The highest BCUT2D eigenvalue weighted by atomic mass is 16.5. The van der Waals surface area contributed by atoms with Crippen molar-refractivity contribution in [3.8, 4) is 5.75 Å². The van der Waals surface area contributed by atoms with Gasteiger partial charge < -0.3 is 19.9 Å². The van der Waals surface area contributed by atoms with Gasteiger partial charge in [-0.3, -0.25) is 4.79 Å². The number of methoxy groups -OCH3 is 1. The Hall–Kier alpha value is -2.37. The van der Waals surface area contributed by atoms with Crippen molar-refractivity contribution >= 4 is 5.91 Å². The maximum Gasteiger partial charge on any atom is 0.275 e. The molecule has 0 aromatic heterocycles. The molecule has 138 valence electrons. The molecule has 2 aromatic rings. The molecule has 26 heavy (non-hydrogen) atoms. The van der Waals surface area contributed by atoms with E-state index in [0.717, 1.165) is 44.0 Å². The van der Waals surface area contributed by atoms with Crippen molar-refractivity contribution in [2.75, 3.05) is 39.8 Å². The van der Waals surface area contributed by atoms with Crippen LogP contribution in [0.4, 0.5) is 0 Å². The summed E-state index contributed by atoms with van der Waals surface area (Å²) in [5, 5.41) is 3.03.